The van der Waals surface area contributed by atoms with Crippen LogP contribution in [-0.2, 0) is 0 Å². The second-order valence-corrected chi connectivity index (χ2v) is 6.85. The van der Waals surface area contributed by atoms with E-state index in [0.29, 0.717) is 33.4 Å². The van der Waals surface area contributed by atoms with Crippen LogP contribution in [0.4, 0.5) is 8.78 Å². The summed E-state index contributed by atoms with van der Waals surface area (Å²) in [6, 6.07) is 3.36. The van der Waals surface area contributed by atoms with Gasteiger partial charge in [0.15, 0.2) is 10.8 Å². The fourth-order valence-electron chi connectivity index (χ4n) is 2.75. The summed E-state index contributed by atoms with van der Waals surface area (Å²) < 4.78 is 26.8. The molecule has 25 heavy (non-hydrogen) atoms. The summed E-state index contributed by atoms with van der Waals surface area (Å²) in [5, 5.41) is 9.94. The first-order valence-electron chi connectivity index (χ1n) is 7.62. The number of carbonyl (C=O) groups excluding carboxylic acids is 1. The molecule has 0 spiro atoms. The van der Waals surface area contributed by atoms with Crippen LogP contribution in [0.1, 0.15) is 33.3 Å². The number of aromatic amines is 1. The number of amides is 1. The molecule has 9 heteroatoms. The van der Waals surface area contributed by atoms with Gasteiger partial charge >= 0.3 is 0 Å². The van der Waals surface area contributed by atoms with Gasteiger partial charge in [-0.2, -0.15) is 5.10 Å². The number of H-pyrrole nitrogens is 1. The van der Waals surface area contributed by atoms with E-state index >= 15 is 0 Å². The molecule has 1 aromatic carbocycles. The summed E-state index contributed by atoms with van der Waals surface area (Å²) in [4.78, 5) is 21.3. The third-order valence-electron chi connectivity index (χ3n) is 4.09. The van der Waals surface area contributed by atoms with Crippen LogP contribution >= 0.6 is 11.3 Å². The number of carbonyl (C=O) groups is 1. The maximum absolute atomic E-state index is 13.8. The number of aryl methyl sites for hydroxylation is 1. The Morgan fingerprint density at radius 1 is 1.40 bits per heavy atom. The number of nitrogens with one attached hydrogen (secondary N) is 2. The molecule has 0 radical (unpaired) electrons. The molecule has 0 unspecified atom stereocenters. The van der Waals surface area contributed by atoms with Crippen molar-refractivity contribution in [3.63, 3.8) is 0 Å². The molecule has 1 aliphatic carbocycles. The van der Waals surface area contributed by atoms with Gasteiger partial charge in [0.2, 0.25) is 0 Å². The second kappa shape index (κ2) is 5.99. The number of aromatic nitrogens is 4. The molecule has 0 saturated heterocycles. The van der Waals surface area contributed by atoms with Crippen molar-refractivity contribution >= 4 is 17.2 Å². The molecule has 1 aliphatic rings. The highest BCUT2D eigenvalue weighted by atomic mass is 32.1. The van der Waals surface area contributed by atoms with Gasteiger partial charge in [-0.1, -0.05) is 6.07 Å². The van der Waals surface area contributed by atoms with Gasteiger partial charge in [0.1, 0.15) is 22.8 Å². The lowest BCUT2D eigenvalue weighted by molar-refractivity contribution is 0.0953. The molecule has 0 bridgehead atoms. The zero-order valence-electron chi connectivity index (χ0n) is 13.1. The number of hydrogen-bond donors (Lipinski definition) is 2. The maximum atomic E-state index is 13.8. The third kappa shape index (κ3) is 3.02. The van der Waals surface area contributed by atoms with E-state index in [2.05, 4.69) is 25.5 Å². The van der Waals surface area contributed by atoms with Crippen LogP contribution < -0.4 is 5.32 Å². The Morgan fingerprint density at radius 2 is 2.24 bits per heavy atom. The minimum Gasteiger partial charge on any atom is -0.348 e. The Bertz CT molecular complexity index is 940. The first kappa shape index (κ1) is 15.8. The van der Waals surface area contributed by atoms with E-state index in [-0.39, 0.29) is 17.9 Å². The van der Waals surface area contributed by atoms with Gasteiger partial charge in [0.05, 0.1) is 5.69 Å². The van der Waals surface area contributed by atoms with Crippen LogP contribution in [-0.4, -0.2) is 32.1 Å². The van der Waals surface area contributed by atoms with Crippen LogP contribution in [0, 0.1) is 18.6 Å². The molecule has 1 amide bonds. The van der Waals surface area contributed by atoms with E-state index in [9.17, 15) is 13.6 Å². The minimum absolute atomic E-state index is 0.133. The van der Waals surface area contributed by atoms with Crippen LogP contribution in [0.5, 0.6) is 0 Å². The van der Waals surface area contributed by atoms with Crippen molar-refractivity contribution in [2.45, 2.75) is 25.3 Å². The largest absolute Gasteiger partial charge is 0.348 e. The molecule has 128 valence electrons. The fourth-order valence-corrected chi connectivity index (χ4v) is 3.67. The number of thiazole rings is 1. The molecule has 2 aromatic heterocycles. The predicted octanol–water partition coefficient (Wildman–Crippen LogP) is 2.80. The van der Waals surface area contributed by atoms with Crippen molar-refractivity contribution in [1.82, 2.24) is 25.5 Å². The van der Waals surface area contributed by atoms with Crippen molar-refractivity contribution in [3.8, 4) is 10.8 Å². The molecule has 3 aromatic rings. The van der Waals surface area contributed by atoms with Crippen LogP contribution in [0.25, 0.3) is 10.8 Å². The zero-order chi connectivity index (χ0) is 17.6. The lowest BCUT2D eigenvalue weighted by Gasteiger charge is -2.05. The van der Waals surface area contributed by atoms with Gasteiger partial charge < -0.3 is 5.32 Å². The number of rotatable bonds is 4. The molecule has 2 N–H and O–H groups in total. The molecule has 2 atom stereocenters. The number of hydrogen-bond acceptors (Lipinski definition) is 5. The first-order chi connectivity index (χ1) is 12.0. The van der Waals surface area contributed by atoms with E-state index < -0.39 is 11.6 Å². The van der Waals surface area contributed by atoms with Gasteiger partial charge in [-0.25, -0.2) is 18.7 Å². The average Bonchev–Trinajstić information content (AvgIpc) is 2.99. The van der Waals surface area contributed by atoms with E-state index in [1.807, 2.05) is 0 Å². The zero-order valence-corrected chi connectivity index (χ0v) is 13.9. The highest BCUT2D eigenvalue weighted by Gasteiger charge is 2.41. The Kier molecular flexibility index (Phi) is 3.79. The quantitative estimate of drug-likeness (QED) is 0.748. The van der Waals surface area contributed by atoms with E-state index in [4.69, 9.17) is 0 Å². The Balaban J connectivity index is 1.47. The topological polar surface area (TPSA) is 83.6 Å². The van der Waals surface area contributed by atoms with Crippen LogP contribution in [0.2, 0.25) is 0 Å². The van der Waals surface area contributed by atoms with Crippen molar-refractivity contribution < 1.29 is 13.6 Å². The summed E-state index contributed by atoms with van der Waals surface area (Å²) in [5.41, 5.74) is 1.02. The SMILES string of the molecule is Cc1nc(-c2ncn[nH]2)sc1C(=O)N[C@@H]1C[C@@H]1c1ccc(F)cc1F. The van der Waals surface area contributed by atoms with Crippen LogP contribution in [0.3, 0.4) is 0 Å². The van der Waals surface area contributed by atoms with E-state index in [1.54, 1.807) is 6.92 Å². The summed E-state index contributed by atoms with van der Waals surface area (Å²) in [5.74, 6) is -1.07. The highest BCUT2D eigenvalue weighted by Crippen LogP contribution is 2.42. The molecule has 6 nitrogen and oxygen atoms in total. The highest BCUT2D eigenvalue weighted by molar-refractivity contribution is 7.17. The maximum Gasteiger partial charge on any atom is 0.263 e. The van der Waals surface area contributed by atoms with Crippen LogP contribution in [0.15, 0.2) is 24.5 Å². The van der Waals surface area contributed by atoms with Gasteiger partial charge in [-0.05, 0) is 25.0 Å². The summed E-state index contributed by atoms with van der Waals surface area (Å²) in [6.45, 7) is 1.75. The summed E-state index contributed by atoms with van der Waals surface area (Å²) in [6.07, 6.45) is 2.00. The average molecular weight is 361 g/mol. The fraction of sp³-hybridized carbons (Fsp3) is 0.250. The second-order valence-electron chi connectivity index (χ2n) is 5.86. The molecule has 0 aliphatic heterocycles. The van der Waals surface area contributed by atoms with E-state index in [1.165, 1.54) is 29.8 Å². The minimum atomic E-state index is -0.609. The van der Waals surface area contributed by atoms with Gasteiger partial charge in [0, 0.05) is 18.0 Å². The number of benzene rings is 1. The molecule has 1 fully saturated rings. The van der Waals surface area contributed by atoms with Gasteiger partial charge in [-0.15, -0.1) is 11.3 Å². The van der Waals surface area contributed by atoms with Crippen molar-refractivity contribution in [2.75, 3.05) is 0 Å². The van der Waals surface area contributed by atoms with Crippen molar-refractivity contribution in [2.24, 2.45) is 0 Å². The van der Waals surface area contributed by atoms with Crippen molar-refractivity contribution in [3.05, 3.63) is 52.3 Å². The molecular weight excluding hydrogens is 348 g/mol. The first-order valence-corrected chi connectivity index (χ1v) is 8.43. The smallest absolute Gasteiger partial charge is 0.263 e. The van der Waals surface area contributed by atoms with Gasteiger partial charge in [-0.3, -0.25) is 9.89 Å². The monoisotopic (exact) mass is 361 g/mol. The van der Waals surface area contributed by atoms with Gasteiger partial charge in [0.25, 0.3) is 5.91 Å². The third-order valence-corrected chi connectivity index (χ3v) is 5.25. The molecule has 4 rings (SSSR count). The molecule has 2 heterocycles. The summed E-state index contributed by atoms with van der Waals surface area (Å²) in [7, 11) is 0. The normalized spacial score (nSPS) is 19.0. The predicted molar refractivity (Wildman–Crippen MR) is 87.2 cm³/mol. The lowest BCUT2D eigenvalue weighted by Crippen LogP contribution is -2.26. The Hall–Kier alpha value is -2.68. The summed E-state index contributed by atoms with van der Waals surface area (Å²) >= 11 is 1.22. The van der Waals surface area contributed by atoms with Crippen molar-refractivity contribution in [1.29, 1.82) is 0 Å². The lowest BCUT2D eigenvalue weighted by atomic mass is 10.1. The Morgan fingerprint density at radius 3 is 2.96 bits per heavy atom. The molecule has 1 saturated carbocycles. The van der Waals surface area contributed by atoms with E-state index in [0.717, 1.165) is 6.07 Å². The molecular formula is C16H13F2N5OS. The number of halogens is 2. The Labute approximate surface area is 145 Å². The number of nitrogens with zero attached hydrogens (tertiary/aromatic N) is 3. The standard InChI is InChI=1S/C16H13F2N5OS/c1-7-13(25-16(21-7)14-19-6-20-23-14)15(24)22-12-5-10(12)9-3-2-8(17)4-11(9)18/h2-4,6,10,12H,5H2,1H3,(H,22,24)(H,19,20,23)/t10-,12-/m1/s1.